The van der Waals surface area contributed by atoms with E-state index in [1.54, 1.807) is 10.9 Å². The van der Waals surface area contributed by atoms with Crippen molar-refractivity contribution in [3.8, 4) is 5.69 Å². The van der Waals surface area contributed by atoms with Crippen molar-refractivity contribution < 1.29 is 9.32 Å². The minimum Gasteiger partial charge on any atom is -0.360 e. The van der Waals surface area contributed by atoms with Crippen LogP contribution in [0.15, 0.2) is 47.2 Å². The molecule has 1 aromatic carbocycles. The van der Waals surface area contributed by atoms with E-state index in [2.05, 4.69) is 36.3 Å². The van der Waals surface area contributed by atoms with Crippen LogP contribution in [0.5, 0.6) is 0 Å². The number of nitrogens with zero attached hydrogens (tertiary/aromatic N) is 3. The van der Waals surface area contributed by atoms with Crippen molar-refractivity contribution in [2.24, 2.45) is 11.3 Å². The Labute approximate surface area is 158 Å². The van der Waals surface area contributed by atoms with Crippen LogP contribution in [-0.4, -0.2) is 20.8 Å². The van der Waals surface area contributed by atoms with E-state index in [1.807, 2.05) is 36.5 Å². The maximum Gasteiger partial charge on any atom is 0.278 e. The highest BCUT2D eigenvalue weighted by molar-refractivity contribution is 6.04. The summed E-state index contributed by atoms with van der Waals surface area (Å²) in [5.41, 5.74) is 3.15. The molecule has 0 spiro atoms. The third-order valence-electron chi connectivity index (χ3n) is 5.35. The Balaban J connectivity index is 1.55. The van der Waals surface area contributed by atoms with Crippen LogP contribution < -0.4 is 5.32 Å². The lowest BCUT2D eigenvalue weighted by Crippen LogP contribution is -2.27. The lowest BCUT2D eigenvalue weighted by atomic mass is 9.71. The summed E-state index contributed by atoms with van der Waals surface area (Å²) in [7, 11) is 0. The highest BCUT2D eigenvalue weighted by atomic mass is 16.5. The first-order valence-corrected chi connectivity index (χ1v) is 9.30. The Morgan fingerprint density at radius 3 is 2.89 bits per heavy atom. The summed E-state index contributed by atoms with van der Waals surface area (Å²) in [6, 6.07) is 9.43. The molecule has 3 aromatic rings. The van der Waals surface area contributed by atoms with Crippen LogP contribution in [-0.2, 0) is 12.8 Å². The lowest BCUT2D eigenvalue weighted by Gasteiger charge is -2.33. The minimum absolute atomic E-state index is 0.195. The van der Waals surface area contributed by atoms with Crippen molar-refractivity contribution >= 4 is 11.6 Å². The number of hydrogen-bond acceptors (Lipinski definition) is 4. The fourth-order valence-corrected chi connectivity index (χ4v) is 3.66. The number of nitrogens with one attached hydrogen (secondary N) is 1. The van der Waals surface area contributed by atoms with Crippen LogP contribution in [0.1, 0.15) is 49.0 Å². The fourth-order valence-electron chi connectivity index (χ4n) is 3.66. The topological polar surface area (TPSA) is 73.0 Å². The van der Waals surface area contributed by atoms with Crippen molar-refractivity contribution in [2.45, 2.75) is 40.0 Å². The molecule has 1 N–H and O–H groups in total. The van der Waals surface area contributed by atoms with Crippen LogP contribution in [0.4, 0.5) is 5.69 Å². The van der Waals surface area contributed by atoms with Gasteiger partial charge in [-0.25, -0.2) is 4.68 Å². The monoisotopic (exact) mass is 364 g/mol. The molecule has 2 heterocycles. The zero-order chi connectivity index (χ0) is 19.0. The van der Waals surface area contributed by atoms with E-state index in [4.69, 9.17) is 4.52 Å². The molecule has 0 aliphatic heterocycles. The molecule has 27 heavy (non-hydrogen) atoms. The van der Waals surface area contributed by atoms with Gasteiger partial charge in [-0.1, -0.05) is 32.0 Å². The predicted molar refractivity (Wildman–Crippen MR) is 103 cm³/mol. The van der Waals surface area contributed by atoms with E-state index < -0.39 is 0 Å². The number of benzene rings is 1. The Bertz CT molecular complexity index is 951. The van der Waals surface area contributed by atoms with Gasteiger partial charge >= 0.3 is 0 Å². The van der Waals surface area contributed by atoms with Gasteiger partial charge in [-0.15, -0.1) is 0 Å². The lowest BCUT2D eigenvalue weighted by molar-refractivity contribution is 0.101. The van der Waals surface area contributed by atoms with Crippen LogP contribution >= 0.6 is 0 Å². The SMILES string of the molecule is CC(C)(C)[C@@H]1CCc2onc(C(=O)Nc3cccc(-n4cccn4)c3)c2C1. The van der Waals surface area contributed by atoms with Crippen LogP contribution in [0.2, 0.25) is 0 Å². The Hall–Kier alpha value is -2.89. The quantitative estimate of drug-likeness (QED) is 0.753. The number of carbonyl (C=O) groups is 1. The molecule has 1 aliphatic rings. The van der Waals surface area contributed by atoms with Gasteiger partial charge in [0.15, 0.2) is 5.69 Å². The molecule has 140 valence electrons. The number of anilines is 1. The normalized spacial score (nSPS) is 16.8. The van der Waals surface area contributed by atoms with E-state index in [9.17, 15) is 4.79 Å². The van der Waals surface area contributed by atoms with Crippen molar-refractivity contribution in [3.05, 3.63) is 59.7 Å². The van der Waals surface area contributed by atoms with Gasteiger partial charge in [-0.05, 0) is 48.4 Å². The highest BCUT2D eigenvalue weighted by Gasteiger charge is 2.34. The number of aryl methyl sites for hydroxylation is 1. The van der Waals surface area contributed by atoms with Gasteiger partial charge in [0.25, 0.3) is 5.91 Å². The van der Waals surface area contributed by atoms with Gasteiger partial charge < -0.3 is 9.84 Å². The van der Waals surface area contributed by atoms with Crippen LogP contribution in [0, 0.1) is 11.3 Å². The molecule has 0 bridgehead atoms. The standard InChI is InChI=1S/C21H24N4O2/c1-21(2,3)14-8-9-18-17(12-14)19(24-27-18)20(26)23-15-6-4-7-16(13-15)25-11-5-10-22-25/h4-7,10-11,13-14H,8-9,12H2,1-3H3,(H,23,26)/t14-/m1/s1. The summed E-state index contributed by atoms with van der Waals surface area (Å²) in [6.45, 7) is 6.74. The first kappa shape index (κ1) is 17.5. The molecule has 4 rings (SSSR count). The van der Waals surface area contributed by atoms with E-state index in [-0.39, 0.29) is 11.3 Å². The second-order valence-corrected chi connectivity index (χ2v) is 8.19. The highest BCUT2D eigenvalue weighted by Crippen LogP contribution is 2.38. The summed E-state index contributed by atoms with van der Waals surface area (Å²) < 4.78 is 7.22. The number of carbonyl (C=O) groups excluding carboxylic acids is 1. The van der Waals surface area contributed by atoms with Gasteiger partial charge in [0, 0.05) is 30.1 Å². The Morgan fingerprint density at radius 1 is 1.30 bits per heavy atom. The third kappa shape index (κ3) is 3.52. The Morgan fingerprint density at radius 2 is 2.15 bits per heavy atom. The molecule has 0 saturated carbocycles. The molecule has 0 fully saturated rings. The van der Waals surface area contributed by atoms with E-state index >= 15 is 0 Å². The van der Waals surface area contributed by atoms with Gasteiger partial charge in [0.05, 0.1) is 5.69 Å². The van der Waals surface area contributed by atoms with E-state index in [1.165, 1.54) is 0 Å². The smallest absolute Gasteiger partial charge is 0.278 e. The van der Waals surface area contributed by atoms with Crippen molar-refractivity contribution in [1.29, 1.82) is 0 Å². The molecule has 0 unspecified atom stereocenters. The summed E-state index contributed by atoms with van der Waals surface area (Å²) in [6.07, 6.45) is 6.32. The number of amides is 1. The van der Waals surface area contributed by atoms with E-state index in [0.29, 0.717) is 17.3 Å². The molecule has 0 radical (unpaired) electrons. The van der Waals surface area contributed by atoms with Gasteiger partial charge in [0.2, 0.25) is 0 Å². The fraction of sp³-hybridized carbons (Fsp3) is 0.381. The van der Waals surface area contributed by atoms with Gasteiger partial charge in [-0.2, -0.15) is 5.10 Å². The second-order valence-electron chi connectivity index (χ2n) is 8.19. The average molecular weight is 364 g/mol. The van der Waals surface area contributed by atoms with Gasteiger partial charge in [-0.3, -0.25) is 4.79 Å². The number of fused-ring (bicyclic) bond motifs is 1. The largest absolute Gasteiger partial charge is 0.360 e. The minimum atomic E-state index is -0.229. The van der Waals surface area contributed by atoms with Gasteiger partial charge in [0.1, 0.15) is 5.76 Å². The molecular weight excluding hydrogens is 340 g/mol. The van der Waals surface area contributed by atoms with Crippen molar-refractivity contribution in [2.75, 3.05) is 5.32 Å². The second kappa shape index (κ2) is 6.68. The number of rotatable bonds is 3. The molecule has 1 aliphatic carbocycles. The summed E-state index contributed by atoms with van der Waals surface area (Å²) >= 11 is 0. The first-order valence-electron chi connectivity index (χ1n) is 9.30. The molecule has 2 aromatic heterocycles. The molecule has 1 atom stereocenters. The molecule has 1 amide bonds. The predicted octanol–water partition coefficient (Wildman–Crippen LogP) is 4.26. The number of aromatic nitrogens is 3. The van der Waals surface area contributed by atoms with E-state index in [0.717, 1.165) is 36.3 Å². The maximum atomic E-state index is 12.8. The summed E-state index contributed by atoms with van der Waals surface area (Å²) in [5.74, 6) is 1.14. The average Bonchev–Trinajstić information content (AvgIpc) is 3.30. The zero-order valence-corrected chi connectivity index (χ0v) is 15.9. The molecule has 0 saturated heterocycles. The zero-order valence-electron chi connectivity index (χ0n) is 15.9. The van der Waals surface area contributed by atoms with Crippen LogP contribution in [0.3, 0.4) is 0 Å². The molecule has 6 heteroatoms. The van der Waals surface area contributed by atoms with Crippen molar-refractivity contribution in [1.82, 2.24) is 14.9 Å². The Kier molecular flexibility index (Phi) is 4.34. The van der Waals surface area contributed by atoms with Crippen molar-refractivity contribution in [3.63, 3.8) is 0 Å². The van der Waals surface area contributed by atoms with Crippen LogP contribution in [0.25, 0.3) is 5.69 Å². The third-order valence-corrected chi connectivity index (χ3v) is 5.35. The summed E-state index contributed by atoms with van der Waals surface area (Å²) in [4.78, 5) is 12.8. The first-order chi connectivity index (χ1) is 12.9. The summed E-state index contributed by atoms with van der Waals surface area (Å²) in [5, 5.41) is 11.2. The number of hydrogen-bond donors (Lipinski definition) is 1. The maximum absolute atomic E-state index is 12.8. The molecule has 6 nitrogen and oxygen atoms in total. The molecular formula is C21H24N4O2.